The Morgan fingerprint density at radius 1 is 0.963 bits per heavy atom. The van der Waals surface area contributed by atoms with Gasteiger partial charge in [-0.25, -0.2) is 14.3 Å². The van der Waals surface area contributed by atoms with Crippen molar-refractivity contribution in [3.63, 3.8) is 0 Å². The van der Waals surface area contributed by atoms with E-state index >= 15 is 0 Å². The molecule has 0 saturated carbocycles. The summed E-state index contributed by atoms with van der Waals surface area (Å²) in [6.07, 6.45) is 3.15. The first-order chi connectivity index (χ1) is 13.0. The molecule has 0 atom stereocenters. The molecule has 0 saturated heterocycles. The molecule has 3 aromatic rings. The van der Waals surface area contributed by atoms with E-state index in [9.17, 15) is 19.8 Å². The van der Waals surface area contributed by atoms with Crippen molar-refractivity contribution in [1.82, 2.24) is 9.78 Å². The lowest BCUT2D eigenvalue weighted by Gasteiger charge is -2.09. The number of hydrogen-bond acceptors (Lipinski definition) is 3. The van der Waals surface area contributed by atoms with Crippen molar-refractivity contribution in [2.24, 2.45) is 0 Å². The van der Waals surface area contributed by atoms with Crippen LogP contribution in [0.4, 0.5) is 0 Å². The standard InChI is InChI=1S/C21H20N2O4/c1-2-3-7-14-10-12-16(13-11-14)23-19(15-8-5-4-6-9-15)17(20(24)25)18(22-23)21(26)27/h4-6,8-13H,2-3,7H2,1H3,(H,24,25)(H,26,27). The zero-order valence-electron chi connectivity index (χ0n) is 14.9. The number of carboxylic acids is 2. The molecule has 0 amide bonds. The molecule has 1 aromatic heterocycles. The van der Waals surface area contributed by atoms with E-state index in [0.29, 0.717) is 11.3 Å². The SMILES string of the molecule is CCCCc1ccc(-n2nc(C(=O)O)c(C(=O)O)c2-c2ccccc2)cc1. The van der Waals surface area contributed by atoms with E-state index in [1.807, 2.05) is 30.3 Å². The van der Waals surface area contributed by atoms with E-state index in [2.05, 4.69) is 12.0 Å². The molecule has 0 spiro atoms. The highest BCUT2D eigenvalue weighted by atomic mass is 16.4. The number of aryl methyl sites for hydroxylation is 1. The van der Waals surface area contributed by atoms with Gasteiger partial charge in [0.05, 0.1) is 11.4 Å². The second-order valence-electron chi connectivity index (χ2n) is 6.23. The topological polar surface area (TPSA) is 92.4 Å². The molecule has 3 rings (SSSR count). The summed E-state index contributed by atoms with van der Waals surface area (Å²) in [6.45, 7) is 2.13. The Bertz CT molecular complexity index is 960. The molecule has 2 N–H and O–H groups in total. The monoisotopic (exact) mass is 364 g/mol. The highest BCUT2D eigenvalue weighted by Gasteiger charge is 2.29. The van der Waals surface area contributed by atoms with Gasteiger partial charge in [-0.2, -0.15) is 5.10 Å². The van der Waals surface area contributed by atoms with E-state index < -0.39 is 17.6 Å². The molecular formula is C21H20N2O4. The molecule has 27 heavy (non-hydrogen) atoms. The lowest BCUT2D eigenvalue weighted by Crippen LogP contribution is -2.07. The van der Waals surface area contributed by atoms with Crippen LogP contribution < -0.4 is 0 Å². The molecule has 0 bridgehead atoms. The van der Waals surface area contributed by atoms with Gasteiger partial charge >= 0.3 is 11.9 Å². The molecule has 0 aliphatic heterocycles. The molecule has 1 heterocycles. The highest BCUT2D eigenvalue weighted by molar-refractivity contribution is 6.05. The number of aromatic nitrogens is 2. The third kappa shape index (κ3) is 3.74. The van der Waals surface area contributed by atoms with Crippen molar-refractivity contribution < 1.29 is 19.8 Å². The molecule has 0 aliphatic carbocycles. The first kappa shape index (κ1) is 18.4. The number of unbranched alkanes of at least 4 members (excludes halogenated alkanes) is 1. The summed E-state index contributed by atoms with van der Waals surface area (Å²) in [5, 5.41) is 23.2. The van der Waals surface area contributed by atoms with E-state index in [1.54, 1.807) is 24.3 Å². The van der Waals surface area contributed by atoms with Gasteiger partial charge in [-0.1, -0.05) is 55.8 Å². The average Bonchev–Trinajstić information content (AvgIpc) is 3.09. The molecule has 0 aliphatic rings. The lowest BCUT2D eigenvalue weighted by molar-refractivity contribution is 0.0648. The Hall–Kier alpha value is -3.41. The van der Waals surface area contributed by atoms with Gasteiger partial charge < -0.3 is 10.2 Å². The van der Waals surface area contributed by atoms with Crippen LogP contribution in [0.3, 0.4) is 0 Å². The lowest BCUT2D eigenvalue weighted by atomic mass is 10.0. The third-order valence-electron chi connectivity index (χ3n) is 4.35. The van der Waals surface area contributed by atoms with Crippen LogP contribution in [-0.2, 0) is 6.42 Å². The number of benzene rings is 2. The fourth-order valence-corrected chi connectivity index (χ4v) is 3.00. The van der Waals surface area contributed by atoms with Gasteiger partial charge in [-0.15, -0.1) is 0 Å². The number of hydrogen-bond donors (Lipinski definition) is 2. The Labute approximate surface area is 156 Å². The normalized spacial score (nSPS) is 10.7. The average molecular weight is 364 g/mol. The number of nitrogens with zero attached hydrogens (tertiary/aromatic N) is 2. The third-order valence-corrected chi connectivity index (χ3v) is 4.35. The predicted octanol–water partition coefficient (Wildman–Crippen LogP) is 4.28. The summed E-state index contributed by atoms with van der Waals surface area (Å²) in [5.74, 6) is -2.69. The summed E-state index contributed by atoms with van der Waals surface area (Å²) in [7, 11) is 0. The molecule has 6 nitrogen and oxygen atoms in total. The minimum Gasteiger partial charge on any atom is -0.478 e. The smallest absolute Gasteiger partial charge is 0.357 e. The van der Waals surface area contributed by atoms with E-state index in [0.717, 1.165) is 19.3 Å². The van der Waals surface area contributed by atoms with Crippen molar-refractivity contribution in [3.05, 3.63) is 71.4 Å². The Morgan fingerprint density at radius 2 is 1.63 bits per heavy atom. The zero-order valence-corrected chi connectivity index (χ0v) is 14.9. The Morgan fingerprint density at radius 3 is 2.19 bits per heavy atom. The minimum absolute atomic E-state index is 0.252. The number of rotatable bonds is 7. The van der Waals surface area contributed by atoms with E-state index in [-0.39, 0.29) is 11.3 Å². The van der Waals surface area contributed by atoms with Crippen molar-refractivity contribution in [3.8, 4) is 16.9 Å². The second kappa shape index (κ2) is 7.86. The second-order valence-corrected chi connectivity index (χ2v) is 6.23. The zero-order chi connectivity index (χ0) is 19.4. The van der Waals surface area contributed by atoms with Crippen molar-refractivity contribution in [2.45, 2.75) is 26.2 Å². The van der Waals surface area contributed by atoms with Crippen molar-refractivity contribution in [2.75, 3.05) is 0 Å². The van der Waals surface area contributed by atoms with E-state index in [1.165, 1.54) is 10.2 Å². The van der Waals surface area contributed by atoms with Gasteiger partial charge in [0.25, 0.3) is 0 Å². The van der Waals surface area contributed by atoms with Crippen LogP contribution in [-0.4, -0.2) is 31.9 Å². The number of carboxylic acid groups (broad SMARTS) is 2. The van der Waals surface area contributed by atoms with Gasteiger partial charge in [0.2, 0.25) is 0 Å². The van der Waals surface area contributed by atoms with Gasteiger partial charge in [-0.05, 0) is 30.5 Å². The molecule has 2 aromatic carbocycles. The van der Waals surface area contributed by atoms with Crippen LogP contribution in [0.5, 0.6) is 0 Å². The maximum Gasteiger partial charge on any atom is 0.357 e. The maximum absolute atomic E-state index is 11.8. The Balaban J connectivity index is 2.18. The summed E-state index contributed by atoms with van der Waals surface area (Å²) in [5.41, 5.74) is 1.84. The van der Waals surface area contributed by atoms with Gasteiger partial charge in [0.15, 0.2) is 5.69 Å². The number of aromatic carboxylic acids is 2. The molecule has 0 unspecified atom stereocenters. The molecule has 0 fully saturated rings. The van der Waals surface area contributed by atoms with Crippen LogP contribution in [0, 0.1) is 0 Å². The molecule has 0 radical (unpaired) electrons. The van der Waals surface area contributed by atoms with Crippen molar-refractivity contribution in [1.29, 1.82) is 0 Å². The highest BCUT2D eigenvalue weighted by Crippen LogP contribution is 2.29. The predicted molar refractivity (Wildman–Crippen MR) is 102 cm³/mol. The maximum atomic E-state index is 11.8. The van der Waals surface area contributed by atoms with Crippen LogP contribution in [0.1, 0.15) is 46.2 Å². The van der Waals surface area contributed by atoms with Gasteiger partial charge in [0, 0.05) is 5.56 Å². The summed E-state index contributed by atoms with van der Waals surface area (Å²) >= 11 is 0. The van der Waals surface area contributed by atoms with Crippen LogP contribution >= 0.6 is 0 Å². The van der Waals surface area contributed by atoms with Crippen LogP contribution in [0.2, 0.25) is 0 Å². The first-order valence-corrected chi connectivity index (χ1v) is 8.77. The van der Waals surface area contributed by atoms with E-state index in [4.69, 9.17) is 0 Å². The number of carbonyl (C=O) groups is 2. The quantitative estimate of drug-likeness (QED) is 0.653. The Kier molecular flexibility index (Phi) is 5.35. The minimum atomic E-state index is -1.37. The summed E-state index contributed by atoms with van der Waals surface area (Å²) in [4.78, 5) is 23.4. The summed E-state index contributed by atoms with van der Waals surface area (Å²) < 4.78 is 1.39. The summed E-state index contributed by atoms with van der Waals surface area (Å²) in [6, 6.07) is 16.4. The van der Waals surface area contributed by atoms with Crippen LogP contribution in [0.15, 0.2) is 54.6 Å². The van der Waals surface area contributed by atoms with Gasteiger partial charge in [-0.3, -0.25) is 0 Å². The fourth-order valence-electron chi connectivity index (χ4n) is 3.00. The largest absolute Gasteiger partial charge is 0.478 e. The first-order valence-electron chi connectivity index (χ1n) is 8.77. The van der Waals surface area contributed by atoms with Crippen LogP contribution in [0.25, 0.3) is 16.9 Å². The molecule has 6 heteroatoms. The fraction of sp³-hybridized carbons (Fsp3) is 0.190. The van der Waals surface area contributed by atoms with Gasteiger partial charge in [0.1, 0.15) is 5.56 Å². The molecular weight excluding hydrogens is 344 g/mol. The van der Waals surface area contributed by atoms with Crippen molar-refractivity contribution >= 4 is 11.9 Å². The molecule has 138 valence electrons.